The molecule has 0 radical (unpaired) electrons. The first-order valence-electron chi connectivity index (χ1n) is 9.19. The number of alkyl halides is 1. The van der Waals surface area contributed by atoms with Crippen LogP contribution >= 0.6 is 0 Å². The number of aryl methyl sites for hydroxylation is 1. The van der Waals surface area contributed by atoms with Crippen LogP contribution in [0.25, 0.3) is 0 Å². The maximum Gasteiger partial charge on any atom is 0.318 e. The van der Waals surface area contributed by atoms with Crippen molar-refractivity contribution in [2.75, 3.05) is 32.1 Å². The molecule has 0 saturated carbocycles. The van der Waals surface area contributed by atoms with Crippen molar-refractivity contribution in [1.29, 1.82) is 0 Å². The summed E-state index contributed by atoms with van der Waals surface area (Å²) in [7, 11) is 1.90. The highest BCUT2D eigenvalue weighted by Crippen LogP contribution is 2.40. The Morgan fingerprint density at radius 2 is 2.29 bits per heavy atom. The van der Waals surface area contributed by atoms with Gasteiger partial charge in [-0.1, -0.05) is 6.92 Å². The molecule has 1 N–H and O–H groups in total. The van der Waals surface area contributed by atoms with Crippen molar-refractivity contribution in [2.24, 2.45) is 5.92 Å². The van der Waals surface area contributed by atoms with Gasteiger partial charge in [0.1, 0.15) is 18.6 Å². The molecule has 1 unspecified atom stereocenters. The number of halogens is 1. The summed E-state index contributed by atoms with van der Waals surface area (Å²) in [6.07, 6.45) is 5.14. The predicted molar refractivity (Wildman–Crippen MR) is 91.3 cm³/mol. The van der Waals surface area contributed by atoms with Crippen LogP contribution in [0.5, 0.6) is 6.01 Å². The Morgan fingerprint density at radius 1 is 1.42 bits per heavy atom. The molecule has 2 fully saturated rings. The lowest BCUT2D eigenvalue weighted by atomic mass is 9.88. The second-order valence-electron chi connectivity index (χ2n) is 7.74. The van der Waals surface area contributed by atoms with E-state index < -0.39 is 6.17 Å². The first kappa shape index (κ1) is 16.1. The molecule has 3 heterocycles. The van der Waals surface area contributed by atoms with Crippen molar-refractivity contribution < 1.29 is 9.13 Å². The lowest BCUT2D eigenvalue weighted by Gasteiger charge is -2.31. The number of hydrogen-bond acceptors (Lipinski definition) is 5. The highest BCUT2D eigenvalue weighted by atomic mass is 19.1. The van der Waals surface area contributed by atoms with Gasteiger partial charge < -0.3 is 10.1 Å². The zero-order valence-electron chi connectivity index (χ0n) is 14.6. The second kappa shape index (κ2) is 6.14. The fourth-order valence-electron chi connectivity index (χ4n) is 4.68. The van der Waals surface area contributed by atoms with E-state index in [1.165, 1.54) is 5.56 Å². The number of anilines is 1. The van der Waals surface area contributed by atoms with E-state index in [0.29, 0.717) is 31.5 Å². The van der Waals surface area contributed by atoms with Crippen molar-refractivity contribution in [1.82, 2.24) is 14.9 Å². The van der Waals surface area contributed by atoms with Crippen LogP contribution in [0.4, 0.5) is 10.2 Å². The monoisotopic (exact) mass is 334 g/mol. The summed E-state index contributed by atoms with van der Waals surface area (Å²) in [5, 5.41) is 3.19. The summed E-state index contributed by atoms with van der Waals surface area (Å²) in [4.78, 5) is 11.5. The van der Waals surface area contributed by atoms with Gasteiger partial charge in [-0.05, 0) is 44.6 Å². The maximum absolute atomic E-state index is 13.9. The van der Waals surface area contributed by atoms with Crippen LogP contribution in [0.15, 0.2) is 0 Å². The molecule has 2 saturated heterocycles. The Bertz CT molecular complexity index is 608. The number of nitrogens with one attached hydrogen (secondary N) is 1. The molecule has 0 amide bonds. The number of nitrogens with zero attached hydrogens (tertiary/aromatic N) is 3. The number of hydrogen-bond donors (Lipinski definition) is 1. The van der Waals surface area contributed by atoms with Gasteiger partial charge >= 0.3 is 6.01 Å². The van der Waals surface area contributed by atoms with E-state index in [1.807, 2.05) is 7.05 Å². The molecule has 0 bridgehead atoms. The average molecular weight is 334 g/mol. The van der Waals surface area contributed by atoms with Gasteiger partial charge in [0.2, 0.25) is 0 Å². The summed E-state index contributed by atoms with van der Waals surface area (Å²) in [5.41, 5.74) is 2.19. The van der Waals surface area contributed by atoms with Gasteiger partial charge in [-0.25, -0.2) is 4.39 Å². The maximum atomic E-state index is 13.9. The van der Waals surface area contributed by atoms with Gasteiger partial charge in [-0.15, -0.1) is 0 Å². The van der Waals surface area contributed by atoms with Crippen molar-refractivity contribution in [3.8, 4) is 6.01 Å². The fourth-order valence-corrected chi connectivity index (χ4v) is 4.68. The fraction of sp³-hybridized carbons (Fsp3) is 0.778. The standard InChI is InChI=1S/C18H27FN4O/c1-12-4-5-15-14(8-12)16(20-2)22-17(21-15)24-11-18-6-3-7-23(18)10-13(19)9-18/h12-13H,3-11H2,1-2H3,(H,20,21,22)/t12?,13-,18+/m1/s1. The topological polar surface area (TPSA) is 50.3 Å². The molecular formula is C18H27FN4O. The van der Waals surface area contributed by atoms with Crippen LogP contribution in [0.3, 0.4) is 0 Å². The minimum atomic E-state index is -0.729. The van der Waals surface area contributed by atoms with Gasteiger partial charge in [-0.2, -0.15) is 9.97 Å². The van der Waals surface area contributed by atoms with Gasteiger partial charge in [0.15, 0.2) is 0 Å². The third-order valence-electron chi connectivity index (χ3n) is 5.97. The molecule has 5 nitrogen and oxygen atoms in total. The Morgan fingerprint density at radius 3 is 3.12 bits per heavy atom. The highest BCUT2D eigenvalue weighted by Gasteiger charge is 2.49. The van der Waals surface area contributed by atoms with Gasteiger partial charge in [0, 0.05) is 25.6 Å². The Hall–Kier alpha value is -1.43. The second-order valence-corrected chi connectivity index (χ2v) is 7.74. The summed E-state index contributed by atoms with van der Waals surface area (Å²) in [6, 6.07) is 0.441. The number of ether oxygens (including phenoxy) is 1. The normalized spacial score (nSPS) is 32.5. The number of rotatable bonds is 4. The van der Waals surface area contributed by atoms with Crippen LogP contribution < -0.4 is 10.1 Å². The van der Waals surface area contributed by atoms with E-state index in [2.05, 4.69) is 27.1 Å². The van der Waals surface area contributed by atoms with Crippen molar-refractivity contribution in [3.05, 3.63) is 11.3 Å². The van der Waals surface area contributed by atoms with E-state index in [0.717, 1.165) is 50.2 Å². The Kier molecular flexibility index (Phi) is 4.11. The molecule has 1 aromatic heterocycles. The largest absolute Gasteiger partial charge is 0.461 e. The number of aromatic nitrogens is 2. The molecule has 0 spiro atoms. The molecule has 0 aromatic carbocycles. The van der Waals surface area contributed by atoms with Crippen LogP contribution in [0.2, 0.25) is 0 Å². The van der Waals surface area contributed by atoms with E-state index in [-0.39, 0.29) is 5.54 Å². The first-order chi connectivity index (χ1) is 11.6. The average Bonchev–Trinajstić information content (AvgIpc) is 3.08. The third-order valence-corrected chi connectivity index (χ3v) is 5.97. The molecule has 1 aliphatic carbocycles. The quantitative estimate of drug-likeness (QED) is 0.917. The molecule has 1 aromatic rings. The SMILES string of the molecule is CNc1nc(OC[C@@]23CCCN2C[C@H](F)C3)nc2c1CC(C)CC2. The molecule has 6 heteroatoms. The van der Waals surface area contributed by atoms with E-state index >= 15 is 0 Å². The Labute approximate surface area is 143 Å². The van der Waals surface area contributed by atoms with Crippen LogP contribution in [0, 0.1) is 5.92 Å². The zero-order valence-corrected chi connectivity index (χ0v) is 14.6. The van der Waals surface area contributed by atoms with Crippen LogP contribution in [0.1, 0.15) is 43.9 Å². The summed E-state index contributed by atoms with van der Waals surface area (Å²) in [6.45, 7) is 4.29. The first-order valence-corrected chi connectivity index (χ1v) is 9.19. The van der Waals surface area contributed by atoms with Gasteiger partial charge in [0.25, 0.3) is 0 Å². The number of fused-ring (bicyclic) bond motifs is 2. The molecule has 24 heavy (non-hydrogen) atoms. The van der Waals surface area contributed by atoms with Gasteiger partial charge in [0.05, 0.1) is 11.2 Å². The summed E-state index contributed by atoms with van der Waals surface area (Å²) in [5.74, 6) is 1.56. The van der Waals surface area contributed by atoms with Crippen molar-refractivity contribution in [3.63, 3.8) is 0 Å². The minimum Gasteiger partial charge on any atom is -0.461 e. The van der Waals surface area contributed by atoms with Crippen LogP contribution in [-0.4, -0.2) is 53.3 Å². The van der Waals surface area contributed by atoms with Crippen LogP contribution in [-0.2, 0) is 12.8 Å². The lowest BCUT2D eigenvalue weighted by Crippen LogP contribution is -2.43. The molecule has 2 aliphatic heterocycles. The van der Waals surface area contributed by atoms with Crippen molar-refractivity contribution >= 4 is 5.82 Å². The predicted octanol–water partition coefficient (Wildman–Crippen LogP) is 2.60. The summed E-state index contributed by atoms with van der Waals surface area (Å²) >= 11 is 0. The molecule has 132 valence electrons. The minimum absolute atomic E-state index is 0.146. The van der Waals surface area contributed by atoms with Crippen molar-refractivity contribution in [2.45, 2.75) is 57.2 Å². The van der Waals surface area contributed by atoms with Gasteiger partial charge in [-0.3, -0.25) is 4.90 Å². The summed E-state index contributed by atoms with van der Waals surface area (Å²) < 4.78 is 19.9. The van der Waals surface area contributed by atoms with E-state index in [4.69, 9.17) is 4.74 Å². The molecule has 3 aliphatic rings. The zero-order chi connectivity index (χ0) is 16.7. The smallest absolute Gasteiger partial charge is 0.318 e. The van der Waals surface area contributed by atoms with E-state index in [9.17, 15) is 4.39 Å². The third kappa shape index (κ3) is 2.75. The lowest BCUT2D eigenvalue weighted by molar-refractivity contribution is 0.107. The molecular weight excluding hydrogens is 307 g/mol. The Balaban J connectivity index is 1.53. The highest BCUT2D eigenvalue weighted by molar-refractivity contribution is 5.48. The molecule has 3 atom stereocenters. The van der Waals surface area contributed by atoms with E-state index in [1.54, 1.807) is 0 Å². The molecule has 4 rings (SSSR count).